The van der Waals surface area contributed by atoms with E-state index in [0.717, 1.165) is 50.3 Å². The molecule has 3 heteroatoms. The van der Waals surface area contributed by atoms with Gasteiger partial charge in [-0.25, -0.2) is 0 Å². The minimum absolute atomic E-state index is 0.603. The van der Waals surface area contributed by atoms with Crippen molar-refractivity contribution in [3.8, 4) is 45.0 Å². The van der Waals surface area contributed by atoms with Crippen molar-refractivity contribution in [2.75, 3.05) is 0 Å². The summed E-state index contributed by atoms with van der Waals surface area (Å²) in [7, 11) is 0. The Balaban J connectivity index is 1.21. The van der Waals surface area contributed by atoms with E-state index in [9.17, 15) is 0 Å². The molecule has 0 fully saturated rings. The number of aryl methyl sites for hydroxylation is 2. The zero-order chi connectivity index (χ0) is 33.7. The number of hydrogen-bond donors (Lipinski definition) is 0. The average Bonchev–Trinajstić information content (AvgIpc) is 3.46. The van der Waals surface area contributed by atoms with E-state index in [-0.39, 0.29) is 0 Å². The van der Waals surface area contributed by atoms with Crippen LogP contribution in [0.3, 0.4) is 0 Å². The Kier molecular flexibility index (Phi) is 7.14. The first-order valence-corrected chi connectivity index (χ1v) is 17.1. The van der Waals surface area contributed by atoms with Crippen molar-refractivity contribution in [3.05, 3.63) is 204 Å². The van der Waals surface area contributed by atoms with E-state index in [2.05, 4.69) is 153 Å². The van der Waals surface area contributed by atoms with Gasteiger partial charge in [0, 0.05) is 23.3 Å². The Hall–Kier alpha value is -6.32. The summed E-state index contributed by atoms with van der Waals surface area (Å²) >= 11 is 0. The third-order valence-corrected chi connectivity index (χ3v) is 10.1. The van der Waals surface area contributed by atoms with E-state index < -0.39 is 5.41 Å². The normalized spacial score (nSPS) is 12.8. The molecule has 2 heterocycles. The zero-order valence-corrected chi connectivity index (χ0v) is 28.0. The fourth-order valence-corrected chi connectivity index (χ4v) is 7.94. The van der Waals surface area contributed by atoms with Gasteiger partial charge in [0.1, 0.15) is 11.5 Å². The molecule has 0 radical (unpaired) electrons. The van der Waals surface area contributed by atoms with E-state index in [1.54, 1.807) is 0 Å². The topological polar surface area (TPSA) is 35.0 Å². The molecule has 0 saturated heterocycles. The van der Waals surface area contributed by atoms with Crippen LogP contribution < -0.4 is 4.74 Å². The van der Waals surface area contributed by atoms with Crippen LogP contribution in [0.1, 0.15) is 33.5 Å². The fraction of sp³-hybridized carbons (Fsp3) is 0.0638. The molecular formula is C47H34N2O. The number of ether oxygens (including phenoxy) is 1. The average molecular weight is 643 g/mol. The molecule has 9 rings (SSSR count). The molecule has 0 atom stereocenters. The van der Waals surface area contributed by atoms with Crippen molar-refractivity contribution >= 4 is 10.8 Å². The summed E-state index contributed by atoms with van der Waals surface area (Å²) in [5.41, 5.74) is 13.0. The second-order valence-electron chi connectivity index (χ2n) is 13.1. The predicted octanol–water partition coefficient (Wildman–Crippen LogP) is 11.7. The molecule has 0 bridgehead atoms. The van der Waals surface area contributed by atoms with Gasteiger partial charge < -0.3 is 4.74 Å². The highest BCUT2D eigenvalue weighted by atomic mass is 16.5. The lowest BCUT2D eigenvalue weighted by Crippen LogP contribution is -2.29. The number of pyridine rings is 2. The van der Waals surface area contributed by atoms with Crippen LogP contribution >= 0.6 is 0 Å². The Labute approximate surface area is 292 Å². The molecule has 3 nitrogen and oxygen atoms in total. The third-order valence-electron chi connectivity index (χ3n) is 10.1. The van der Waals surface area contributed by atoms with Gasteiger partial charge in [-0.05, 0) is 118 Å². The number of rotatable bonds is 6. The standard InChI is InChI=1S/C47H34N2O/c1-31-13-11-14-32(2)46(31)36-25-35(44-28-33-15-3-4-16-34(33)30-49-44)26-39(27-36)50-38-18-12-17-37(29-38)47(45-23-9-10-24-48-45)42-21-7-5-19-40(42)41-20-6-8-22-43(41)47/h3-30H,1-2H3. The molecule has 2 aromatic heterocycles. The van der Waals surface area contributed by atoms with E-state index in [4.69, 9.17) is 14.7 Å². The van der Waals surface area contributed by atoms with Crippen LogP contribution in [0.4, 0.5) is 0 Å². The molecule has 50 heavy (non-hydrogen) atoms. The maximum absolute atomic E-state index is 6.88. The van der Waals surface area contributed by atoms with Crippen LogP contribution in [0.2, 0.25) is 0 Å². The smallest absolute Gasteiger partial charge is 0.128 e. The van der Waals surface area contributed by atoms with E-state index in [1.807, 2.05) is 30.6 Å². The first-order chi connectivity index (χ1) is 24.6. The molecule has 6 aromatic carbocycles. The van der Waals surface area contributed by atoms with Gasteiger partial charge in [0.15, 0.2) is 0 Å². The van der Waals surface area contributed by atoms with Crippen LogP contribution in [-0.2, 0) is 5.41 Å². The van der Waals surface area contributed by atoms with Crippen molar-refractivity contribution in [2.45, 2.75) is 19.3 Å². The van der Waals surface area contributed by atoms with Crippen molar-refractivity contribution in [3.63, 3.8) is 0 Å². The van der Waals surface area contributed by atoms with Crippen LogP contribution in [0.5, 0.6) is 11.5 Å². The maximum Gasteiger partial charge on any atom is 0.128 e. The Morgan fingerprint density at radius 1 is 0.500 bits per heavy atom. The number of nitrogens with zero attached hydrogens (tertiary/aromatic N) is 2. The lowest BCUT2D eigenvalue weighted by molar-refractivity contribution is 0.481. The molecule has 8 aromatic rings. The summed E-state index contributed by atoms with van der Waals surface area (Å²) < 4.78 is 6.88. The summed E-state index contributed by atoms with van der Waals surface area (Å²) in [6.45, 7) is 4.34. The van der Waals surface area contributed by atoms with Gasteiger partial charge in [-0.15, -0.1) is 0 Å². The summed E-state index contributed by atoms with van der Waals surface area (Å²) in [6, 6.07) is 55.6. The van der Waals surface area contributed by atoms with Crippen LogP contribution in [-0.4, -0.2) is 9.97 Å². The maximum atomic E-state index is 6.88. The quantitative estimate of drug-likeness (QED) is 0.181. The molecule has 0 saturated carbocycles. The Morgan fingerprint density at radius 3 is 1.90 bits per heavy atom. The number of aromatic nitrogens is 2. The second-order valence-corrected chi connectivity index (χ2v) is 13.1. The van der Waals surface area contributed by atoms with Crippen molar-refractivity contribution in [1.82, 2.24) is 9.97 Å². The highest BCUT2D eigenvalue weighted by molar-refractivity contribution is 5.87. The molecule has 1 aliphatic carbocycles. The van der Waals surface area contributed by atoms with E-state index >= 15 is 0 Å². The summed E-state index contributed by atoms with van der Waals surface area (Å²) in [6.07, 6.45) is 3.84. The van der Waals surface area contributed by atoms with Gasteiger partial charge in [0.2, 0.25) is 0 Å². The molecule has 0 amide bonds. The lowest BCUT2D eigenvalue weighted by Gasteiger charge is -2.32. The molecule has 238 valence electrons. The highest BCUT2D eigenvalue weighted by Crippen LogP contribution is 2.55. The van der Waals surface area contributed by atoms with Crippen molar-refractivity contribution in [1.29, 1.82) is 0 Å². The van der Waals surface area contributed by atoms with Gasteiger partial charge >= 0.3 is 0 Å². The number of hydrogen-bond acceptors (Lipinski definition) is 3. The van der Waals surface area contributed by atoms with Crippen LogP contribution in [0.25, 0.3) is 44.3 Å². The molecule has 0 N–H and O–H groups in total. The van der Waals surface area contributed by atoms with Crippen LogP contribution in [0, 0.1) is 13.8 Å². The second kappa shape index (κ2) is 12.0. The van der Waals surface area contributed by atoms with Crippen molar-refractivity contribution in [2.24, 2.45) is 0 Å². The summed E-state index contributed by atoms with van der Waals surface area (Å²) in [5.74, 6) is 1.52. The highest BCUT2D eigenvalue weighted by Gasteiger charge is 2.47. The first-order valence-electron chi connectivity index (χ1n) is 17.1. The van der Waals surface area contributed by atoms with Crippen LogP contribution in [0.15, 0.2) is 170 Å². The SMILES string of the molecule is Cc1cccc(C)c1-c1cc(Oc2cccc(C3(c4ccccn4)c4ccccc4-c4ccccc43)c2)cc(-c2cc3ccccc3cn2)c1. The lowest BCUT2D eigenvalue weighted by atomic mass is 9.70. The molecule has 0 spiro atoms. The first kappa shape index (κ1) is 29.8. The molecule has 0 aliphatic heterocycles. The summed E-state index contributed by atoms with van der Waals surface area (Å²) in [4.78, 5) is 9.90. The number of fused-ring (bicyclic) bond motifs is 4. The fourth-order valence-electron chi connectivity index (χ4n) is 7.94. The van der Waals surface area contributed by atoms with Crippen molar-refractivity contribution < 1.29 is 4.74 Å². The summed E-state index contributed by atoms with van der Waals surface area (Å²) in [5, 5.41) is 2.27. The van der Waals surface area contributed by atoms with E-state index in [0.29, 0.717) is 0 Å². The van der Waals surface area contributed by atoms with Gasteiger partial charge in [0.25, 0.3) is 0 Å². The monoisotopic (exact) mass is 642 g/mol. The van der Waals surface area contributed by atoms with Gasteiger partial charge in [-0.2, -0.15) is 0 Å². The van der Waals surface area contributed by atoms with E-state index in [1.165, 1.54) is 38.9 Å². The minimum Gasteiger partial charge on any atom is -0.457 e. The molecule has 1 aliphatic rings. The minimum atomic E-state index is -0.603. The Bertz CT molecular complexity index is 2490. The molecule has 0 unspecified atom stereocenters. The third kappa shape index (κ3) is 4.82. The largest absolute Gasteiger partial charge is 0.457 e. The Morgan fingerprint density at radius 2 is 1.16 bits per heavy atom. The number of benzene rings is 6. The van der Waals surface area contributed by atoms with Gasteiger partial charge in [-0.3, -0.25) is 9.97 Å². The molecular weight excluding hydrogens is 609 g/mol. The predicted molar refractivity (Wildman–Crippen MR) is 204 cm³/mol. The van der Waals surface area contributed by atoms with Gasteiger partial charge in [-0.1, -0.05) is 109 Å². The van der Waals surface area contributed by atoms with Gasteiger partial charge in [0.05, 0.1) is 16.8 Å². The zero-order valence-electron chi connectivity index (χ0n) is 28.0.